The summed E-state index contributed by atoms with van der Waals surface area (Å²) in [5.41, 5.74) is 0. The van der Waals surface area contributed by atoms with Gasteiger partial charge in [-0.15, -0.1) is 10.2 Å². The Balaban J connectivity index is 1.95. The molecule has 1 aromatic heterocycles. The molecule has 1 fully saturated rings. The lowest BCUT2D eigenvalue weighted by Gasteiger charge is -2.07. The molecule has 2 atom stereocenters. The maximum atomic E-state index is 5.54. The number of nitrogens with zero attached hydrogens (tertiary/aromatic N) is 2. The van der Waals surface area contributed by atoms with Gasteiger partial charge in [0.05, 0.1) is 12.1 Å². The van der Waals surface area contributed by atoms with Crippen LogP contribution in [0.5, 0.6) is 0 Å². The normalized spacial score (nSPS) is 26.0. The standard InChI is InChI=1S/C10H17N3O2/c1-3-9-12-13-10(15-9)8-5-7(6-11-8)14-4-2/h7-8,11H,3-6H2,1-2H3/t7-,8-/m0/s1. The van der Waals surface area contributed by atoms with Crippen LogP contribution in [0.1, 0.15) is 38.1 Å². The van der Waals surface area contributed by atoms with Gasteiger partial charge in [-0.25, -0.2) is 0 Å². The van der Waals surface area contributed by atoms with Gasteiger partial charge >= 0.3 is 0 Å². The van der Waals surface area contributed by atoms with Crippen molar-refractivity contribution in [3.63, 3.8) is 0 Å². The minimum Gasteiger partial charge on any atom is -0.424 e. The summed E-state index contributed by atoms with van der Waals surface area (Å²) in [7, 11) is 0. The van der Waals surface area contributed by atoms with E-state index in [2.05, 4.69) is 15.5 Å². The van der Waals surface area contributed by atoms with Crippen molar-refractivity contribution in [2.45, 2.75) is 38.8 Å². The second kappa shape index (κ2) is 4.72. The van der Waals surface area contributed by atoms with Crippen LogP contribution in [-0.4, -0.2) is 29.5 Å². The van der Waals surface area contributed by atoms with E-state index in [1.54, 1.807) is 0 Å². The van der Waals surface area contributed by atoms with Crippen molar-refractivity contribution in [1.29, 1.82) is 0 Å². The summed E-state index contributed by atoms with van der Waals surface area (Å²) in [6, 6.07) is 0.161. The zero-order chi connectivity index (χ0) is 10.7. The second-order valence-corrected chi connectivity index (χ2v) is 3.66. The van der Waals surface area contributed by atoms with Crippen LogP contribution in [0.15, 0.2) is 4.42 Å². The summed E-state index contributed by atoms with van der Waals surface area (Å²) in [6.07, 6.45) is 1.98. The number of ether oxygens (including phenoxy) is 1. The molecule has 1 aliphatic heterocycles. The van der Waals surface area contributed by atoms with Gasteiger partial charge in [-0.1, -0.05) is 6.92 Å². The Kier molecular flexibility index (Phi) is 3.33. The maximum Gasteiger partial charge on any atom is 0.233 e. The van der Waals surface area contributed by atoms with E-state index < -0.39 is 0 Å². The van der Waals surface area contributed by atoms with Gasteiger partial charge in [0.15, 0.2) is 0 Å². The molecule has 0 bridgehead atoms. The molecule has 0 unspecified atom stereocenters. The van der Waals surface area contributed by atoms with Crippen LogP contribution in [0.25, 0.3) is 0 Å². The molecule has 5 heteroatoms. The maximum absolute atomic E-state index is 5.54. The van der Waals surface area contributed by atoms with E-state index in [1.165, 1.54) is 0 Å². The lowest BCUT2D eigenvalue weighted by Crippen LogP contribution is -2.17. The summed E-state index contributed by atoms with van der Waals surface area (Å²) >= 11 is 0. The predicted molar refractivity (Wildman–Crippen MR) is 54.5 cm³/mol. The number of rotatable bonds is 4. The van der Waals surface area contributed by atoms with Gasteiger partial charge in [0, 0.05) is 19.6 Å². The van der Waals surface area contributed by atoms with Gasteiger partial charge in [0.2, 0.25) is 11.8 Å². The molecule has 1 saturated heterocycles. The van der Waals surface area contributed by atoms with E-state index in [1.807, 2.05) is 13.8 Å². The molecule has 0 saturated carbocycles. The zero-order valence-electron chi connectivity index (χ0n) is 9.19. The Morgan fingerprint density at radius 3 is 3.00 bits per heavy atom. The smallest absolute Gasteiger partial charge is 0.233 e. The monoisotopic (exact) mass is 211 g/mol. The topological polar surface area (TPSA) is 60.2 Å². The van der Waals surface area contributed by atoms with E-state index >= 15 is 0 Å². The third-order valence-electron chi connectivity index (χ3n) is 2.58. The fourth-order valence-electron chi connectivity index (χ4n) is 1.80. The van der Waals surface area contributed by atoms with Crippen LogP contribution in [0.3, 0.4) is 0 Å². The Bertz CT molecular complexity index is 313. The number of aryl methyl sites for hydroxylation is 1. The lowest BCUT2D eigenvalue weighted by molar-refractivity contribution is 0.0751. The van der Waals surface area contributed by atoms with E-state index in [0.29, 0.717) is 11.8 Å². The van der Waals surface area contributed by atoms with Gasteiger partial charge in [-0.05, 0) is 13.3 Å². The second-order valence-electron chi connectivity index (χ2n) is 3.66. The summed E-state index contributed by atoms with van der Waals surface area (Å²) in [6.45, 7) is 5.63. The number of hydrogen-bond acceptors (Lipinski definition) is 5. The Morgan fingerprint density at radius 2 is 2.33 bits per heavy atom. The van der Waals surface area contributed by atoms with Gasteiger partial charge in [0.25, 0.3) is 0 Å². The molecule has 0 aromatic carbocycles. The summed E-state index contributed by atoms with van der Waals surface area (Å²) in [4.78, 5) is 0. The molecular formula is C10H17N3O2. The molecule has 1 aliphatic rings. The van der Waals surface area contributed by atoms with Crippen molar-refractivity contribution in [1.82, 2.24) is 15.5 Å². The Hall–Kier alpha value is -0.940. The molecule has 84 valence electrons. The van der Waals surface area contributed by atoms with Crippen molar-refractivity contribution < 1.29 is 9.15 Å². The third-order valence-corrected chi connectivity index (χ3v) is 2.58. The van der Waals surface area contributed by atoms with Crippen LogP contribution in [-0.2, 0) is 11.2 Å². The zero-order valence-corrected chi connectivity index (χ0v) is 9.19. The van der Waals surface area contributed by atoms with Gasteiger partial charge in [-0.2, -0.15) is 0 Å². The molecular weight excluding hydrogens is 194 g/mol. The van der Waals surface area contributed by atoms with Gasteiger partial charge in [0.1, 0.15) is 0 Å². The van der Waals surface area contributed by atoms with Crippen LogP contribution in [0, 0.1) is 0 Å². The van der Waals surface area contributed by atoms with E-state index in [4.69, 9.17) is 9.15 Å². The molecule has 0 spiro atoms. The molecule has 15 heavy (non-hydrogen) atoms. The van der Waals surface area contributed by atoms with Crippen molar-refractivity contribution in [3.8, 4) is 0 Å². The Morgan fingerprint density at radius 1 is 1.47 bits per heavy atom. The first-order valence-corrected chi connectivity index (χ1v) is 5.50. The highest BCUT2D eigenvalue weighted by atomic mass is 16.5. The van der Waals surface area contributed by atoms with Crippen molar-refractivity contribution >= 4 is 0 Å². The van der Waals surface area contributed by atoms with Crippen LogP contribution in [0.4, 0.5) is 0 Å². The molecule has 2 heterocycles. The minimum absolute atomic E-state index is 0.161. The molecule has 0 aliphatic carbocycles. The number of hydrogen-bond donors (Lipinski definition) is 1. The van der Waals surface area contributed by atoms with Crippen LogP contribution < -0.4 is 5.32 Å². The predicted octanol–water partition coefficient (Wildman–Crippen LogP) is 1.07. The highest BCUT2D eigenvalue weighted by Gasteiger charge is 2.29. The average Bonchev–Trinajstić information content (AvgIpc) is 2.85. The lowest BCUT2D eigenvalue weighted by atomic mass is 10.2. The van der Waals surface area contributed by atoms with Crippen LogP contribution in [0.2, 0.25) is 0 Å². The first-order valence-electron chi connectivity index (χ1n) is 5.50. The molecule has 1 N–H and O–H groups in total. The highest BCUT2D eigenvalue weighted by molar-refractivity contribution is 4.95. The molecule has 2 rings (SSSR count). The van der Waals surface area contributed by atoms with Crippen molar-refractivity contribution in [3.05, 3.63) is 11.8 Å². The summed E-state index contributed by atoms with van der Waals surface area (Å²) < 4.78 is 11.0. The van der Waals surface area contributed by atoms with Crippen LogP contribution >= 0.6 is 0 Å². The molecule has 0 radical (unpaired) electrons. The van der Waals surface area contributed by atoms with Gasteiger partial charge < -0.3 is 14.5 Å². The molecule has 1 aromatic rings. The summed E-state index contributed by atoms with van der Waals surface area (Å²) in [5, 5.41) is 11.3. The van der Waals surface area contributed by atoms with Crippen molar-refractivity contribution in [2.75, 3.05) is 13.2 Å². The Labute approximate surface area is 89.2 Å². The number of nitrogens with one attached hydrogen (secondary N) is 1. The quantitative estimate of drug-likeness (QED) is 0.807. The summed E-state index contributed by atoms with van der Waals surface area (Å²) in [5.74, 6) is 1.39. The fraction of sp³-hybridized carbons (Fsp3) is 0.800. The SMILES string of the molecule is CCO[C@@H]1CN[C@H](c2nnc(CC)o2)C1. The molecule has 5 nitrogen and oxygen atoms in total. The minimum atomic E-state index is 0.161. The van der Waals surface area contributed by atoms with Gasteiger partial charge in [-0.3, -0.25) is 0 Å². The van der Waals surface area contributed by atoms with Crippen molar-refractivity contribution in [2.24, 2.45) is 0 Å². The highest BCUT2D eigenvalue weighted by Crippen LogP contribution is 2.23. The first-order chi connectivity index (χ1) is 7.33. The first kappa shape index (κ1) is 10.6. The van der Waals surface area contributed by atoms with E-state index in [9.17, 15) is 0 Å². The number of aromatic nitrogens is 2. The third kappa shape index (κ3) is 2.35. The van der Waals surface area contributed by atoms with E-state index in [-0.39, 0.29) is 12.1 Å². The fourth-order valence-corrected chi connectivity index (χ4v) is 1.80. The molecule has 0 amide bonds. The van der Waals surface area contributed by atoms with E-state index in [0.717, 1.165) is 26.0 Å². The average molecular weight is 211 g/mol. The largest absolute Gasteiger partial charge is 0.424 e.